The van der Waals surface area contributed by atoms with E-state index >= 15 is 0 Å². The first-order valence-corrected chi connectivity index (χ1v) is 12.3. The van der Waals surface area contributed by atoms with Gasteiger partial charge in [-0.05, 0) is 41.7 Å². The zero-order valence-electron chi connectivity index (χ0n) is 20.0. The highest BCUT2D eigenvalue weighted by Gasteiger charge is 2.28. The quantitative estimate of drug-likeness (QED) is 0.323. The number of aromatic nitrogens is 4. The summed E-state index contributed by atoms with van der Waals surface area (Å²) < 4.78 is 2.11. The van der Waals surface area contributed by atoms with E-state index in [-0.39, 0.29) is 5.91 Å². The molecule has 0 N–H and O–H groups in total. The third-order valence-corrected chi connectivity index (χ3v) is 6.92. The number of hydrogen-bond acceptors (Lipinski definition) is 5. The minimum Gasteiger partial charge on any atom is -0.348 e. The first-order valence-electron chi connectivity index (χ1n) is 11.4. The van der Waals surface area contributed by atoms with Crippen molar-refractivity contribution in [2.45, 2.75) is 37.1 Å². The van der Waals surface area contributed by atoms with E-state index in [4.69, 9.17) is 0 Å². The van der Waals surface area contributed by atoms with Gasteiger partial charge >= 0.3 is 0 Å². The molecule has 0 spiro atoms. The maximum Gasteiger partial charge on any atom is 0.240 e. The molecule has 0 aliphatic rings. The van der Waals surface area contributed by atoms with Gasteiger partial charge in [-0.15, -0.1) is 10.2 Å². The molecule has 0 radical (unpaired) electrons. The minimum absolute atomic E-state index is 0.00756. The van der Waals surface area contributed by atoms with E-state index in [0.717, 1.165) is 35.5 Å². The Balaban J connectivity index is 1.93. The molecule has 0 unspecified atom stereocenters. The number of para-hydroxylation sites is 1. The summed E-state index contributed by atoms with van der Waals surface area (Å²) in [5, 5.41) is 9.43. The zero-order valence-corrected chi connectivity index (χ0v) is 20.8. The van der Waals surface area contributed by atoms with Gasteiger partial charge in [0.25, 0.3) is 0 Å². The summed E-state index contributed by atoms with van der Waals surface area (Å²) in [5.74, 6) is 0.725. The number of hydrogen-bond donors (Lipinski definition) is 0. The predicted octanol–water partition coefficient (Wildman–Crippen LogP) is 5.38. The zero-order chi connectivity index (χ0) is 24.1. The normalized spacial score (nSPS) is 11.9. The molecule has 1 atom stereocenters. The summed E-state index contributed by atoms with van der Waals surface area (Å²) in [4.78, 5) is 19.2. The minimum atomic E-state index is -0.445. The average molecular weight is 472 g/mol. The number of amides is 1. The lowest BCUT2D eigenvalue weighted by molar-refractivity contribution is -0.128. The first kappa shape index (κ1) is 23.7. The lowest BCUT2D eigenvalue weighted by Crippen LogP contribution is -2.27. The SMILES string of the molecule is CCc1cccc(CC)c1-n1c(S[C@H](C(=O)N(C)C)c2ccccc2)nnc1-c1cccnc1. The van der Waals surface area contributed by atoms with Gasteiger partial charge in [-0.1, -0.05) is 74.1 Å². The van der Waals surface area contributed by atoms with Crippen molar-refractivity contribution in [2.24, 2.45) is 0 Å². The average Bonchev–Trinajstić information content (AvgIpc) is 3.30. The van der Waals surface area contributed by atoms with Crippen LogP contribution in [0.15, 0.2) is 78.2 Å². The fourth-order valence-electron chi connectivity index (χ4n) is 3.96. The van der Waals surface area contributed by atoms with Gasteiger partial charge in [0.15, 0.2) is 11.0 Å². The van der Waals surface area contributed by atoms with Crippen LogP contribution in [0.5, 0.6) is 0 Å². The number of rotatable bonds is 8. The van der Waals surface area contributed by atoms with Crippen molar-refractivity contribution in [3.05, 3.63) is 89.7 Å². The van der Waals surface area contributed by atoms with E-state index in [1.807, 2.05) is 42.5 Å². The van der Waals surface area contributed by atoms with Crippen LogP contribution in [0.2, 0.25) is 0 Å². The number of thioether (sulfide) groups is 1. The van der Waals surface area contributed by atoms with Gasteiger partial charge in [-0.25, -0.2) is 0 Å². The van der Waals surface area contributed by atoms with E-state index in [2.05, 4.69) is 51.8 Å². The molecule has 2 aromatic heterocycles. The smallest absolute Gasteiger partial charge is 0.240 e. The second kappa shape index (κ2) is 10.7. The van der Waals surface area contributed by atoms with Crippen LogP contribution in [0.25, 0.3) is 17.1 Å². The molecule has 0 saturated carbocycles. The van der Waals surface area contributed by atoms with E-state index in [9.17, 15) is 4.79 Å². The second-order valence-corrected chi connectivity index (χ2v) is 9.23. The number of carbonyl (C=O) groups excluding carboxylic acids is 1. The van der Waals surface area contributed by atoms with Gasteiger partial charge < -0.3 is 4.90 Å². The number of nitrogens with zero attached hydrogens (tertiary/aromatic N) is 5. The highest BCUT2D eigenvalue weighted by atomic mass is 32.2. The molecular formula is C27H29N5OS. The standard InChI is InChI=1S/C27H29N5OS/c1-5-19-14-10-15-20(6-2)23(19)32-25(22-16-11-17-28-18-22)29-30-27(32)34-24(26(33)31(3)4)21-12-8-7-9-13-21/h7-18,24H,5-6H2,1-4H3/t24-/m0/s1. The molecule has 2 heterocycles. The van der Waals surface area contributed by atoms with Crippen LogP contribution in [0.4, 0.5) is 0 Å². The van der Waals surface area contributed by atoms with Crippen molar-refractivity contribution in [3.8, 4) is 17.1 Å². The fraction of sp³-hybridized carbons (Fsp3) is 0.259. The van der Waals surface area contributed by atoms with Crippen molar-refractivity contribution in [3.63, 3.8) is 0 Å². The molecule has 34 heavy (non-hydrogen) atoms. The molecule has 1 amide bonds. The Kier molecular flexibility index (Phi) is 7.43. The largest absolute Gasteiger partial charge is 0.348 e. The number of aryl methyl sites for hydroxylation is 2. The van der Waals surface area contributed by atoms with Crippen molar-refractivity contribution >= 4 is 17.7 Å². The molecule has 6 nitrogen and oxygen atoms in total. The van der Waals surface area contributed by atoms with Crippen LogP contribution in [-0.2, 0) is 17.6 Å². The highest BCUT2D eigenvalue weighted by molar-refractivity contribution is 8.00. The molecule has 0 aliphatic heterocycles. The molecule has 4 rings (SSSR count). The number of carbonyl (C=O) groups is 1. The lowest BCUT2D eigenvalue weighted by atomic mass is 10.0. The van der Waals surface area contributed by atoms with E-state index in [1.165, 1.54) is 22.9 Å². The van der Waals surface area contributed by atoms with Gasteiger partial charge in [0, 0.05) is 32.1 Å². The Morgan fingerprint density at radius 1 is 0.941 bits per heavy atom. The van der Waals surface area contributed by atoms with Gasteiger partial charge in [0.05, 0.1) is 5.69 Å². The molecule has 0 bridgehead atoms. The Labute approximate surface area is 205 Å². The summed E-state index contributed by atoms with van der Waals surface area (Å²) >= 11 is 1.43. The summed E-state index contributed by atoms with van der Waals surface area (Å²) in [5.41, 5.74) is 5.32. The van der Waals surface area contributed by atoms with Gasteiger partial charge in [-0.3, -0.25) is 14.3 Å². The molecule has 0 aliphatic carbocycles. The van der Waals surface area contributed by atoms with E-state index in [0.29, 0.717) is 5.16 Å². The Morgan fingerprint density at radius 3 is 2.24 bits per heavy atom. The molecule has 174 valence electrons. The van der Waals surface area contributed by atoms with Crippen LogP contribution in [0.3, 0.4) is 0 Å². The number of benzene rings is 2. The molecule has 0 fully saturated rings. The van der Waals surface area contributed by atoms with Crippen molar-refractivity contribution < 1.29 is 4.79 Å². The summed E-state index contributed by atoms with van der Waals surface area (Å²) in [7, 11) is 3.57. The number of likely N-dealkylation sites (N-methyl/N-ethyl adjacent to an activating group) is 1. The molecule has 7 heteroatoms. The Bertz CT molecular complexity index is 1230. The predicted molar refractivity (Wildman–Crippen MR) is 137 cm³/mol. The molecule has 2 aromatic carbocycles. The van der Waals surface area contributed by atoms with E-state index < -0.39 is 5.25 Å². The van der Waals surface area contributed by atoms with Crippen LogP contribution in [-0.4, -0.2) is 44.7 Å². The Morgan fingerprint density at radius 2 is 1.65 bits per heavy atom. The second-order valence-electron chi connectivity index (χ2n) is 8.16. The molecule has 0 saturated heterocycles. The van der Waals surface area contributed by atoms with Crippen molar-refractivity contribution in [2.75, 3.05) is 14.1 Å². The van der Waals surface area contributed by atoms with Gasteiger partial charge in [0.2, 0.25) is 5.91 Å². The third-order valence-electron chi connectivity index (χ3n) is 5.73. The first-order chi connectivity index (χ1) is 16.5. The molecule has 4 aromatic rings. The van der Waals surface area contributed by atoms with Crippen molar-refractivity contribution in [1.82, 2.24) is 24.6 Å². The topological polar surface area (TPSA) is 63.9 Å². The van der Waals surface area contributed by atoms with Crippen LogP contribution in [0.1, 0.15) is 35.8 Å². The summed E-state index contributed by atoms with van der Waals surface area (Å²) in [6.45, 7) is 4.31. The maximum atomic E-state index is 13.3. The van der Waals surface area contributed by atoms with Gasteiger partial charge in [-0.2, -0.15) is 0 Å². The monoisotopic (exact) mass is 471 g/mol. The highest BCUT2D eigenvalue weighted by Crippen LogP contribution is 2.39. The van der Waals surface area contributed by atoms with Gasteiger partial charge in [0.1, 0.15) is 5.25 Å². The summed E-state index contributed by atoms with van der Waals surface area (Å²) in [6.07, 6.45) is 5.29. The van der Waals surface area contributed by atoms with E-state index in [1.54, 1.807) is 31.4 Å². The Hall–Kier alpha value is -3.45. The van der Waals surface area contributed by atoms with Crippen LogP contribution >= 0.6 is 11.8 Å². The van der Waals surface area contributed by atoms with Crippen molar-refractivity contribution in [1.29, 1.82) is 0 Å². The van der Waals surface area contributed by atoms with Crippen LogP contribution < -0.4 is 0 Å². The fourth-order valence-corrected chi connectivity index (χ4v) is 5.15. The van der Waals surface area contributed by atoms with Crippen LogP contribution in [0, 0.1) is 0 Å². The summed E-state index contributed by atoms with van der Waals surface area (Å²) in [6, 6.07) is 20.1. The third kappa shape index (κ3) is 4.75. The lowest BCUT2D eigenvalue weighted by Gasteiger charge is -2.22. The maximum absolute atomic E-state index is 13.3. The molecular weight excluding hydrogens is 442 g/mol. The number of pyridine rings is 1.